The quantitative estimate of drug-likeness (QED) is 0.712. The third kappa shape index (κ3) is 11.0. The van der Waals surface area contributed by atoms with Gasteiger partial charge in [-0.15, -0.1) is 0 Å². The standard InChI is InChI=1S/C17H27ClN2O4S/c1-17(2,3)24-16(21)20-15(8-9-25(4,22)23)12-19-11-13-6-5-7-14(18)10-13/h5-7,10,15,19H,8-9,11-12H2,1-4H3,(H,20,21)/t15-/m0/s1. The molecule has 0 aliphatic heterocycles. The minimum Gasteiger partial charge on any atom is -0.444 e. The number of ether oxygens (including phenoxy) is 1. The molecule has 0 saturated carbocycles. The lowest BCUT2D eigenvalue weighted by Crippen LogP contribution is -2.45. The van der Waals surface area contributed by atoms with Gasteiger partial charge in [0.2, 0.25) is 0 Å². The first-order valence-corrected chi connectivity index (χ1v) is 10.5. The maximum atomic E-state index is 11.9. The summed E-state index contributed by atoms with van der Waals surface area (Å²) >= 11 is 5.95. The number of nitrogens with one attached hydrogen (secondary N) is 2. The molecule has 142 valence electrons. The minimum atomic E-state index is -3.11. The van der Waals surface area contributed by atoms with Crippen molar-refractivity contribution in [1.29, 1.82) is 0 Å². The van der Waals surface area contributed by atoms with E-state index in [1.807, 2.05) is 18.2 Å². The summed E-state index contributed by atoms with van der Waals surface area (Å²) in [5, 5.41) is 6.59. The van der Waals surface area contributed by atoms with Gasteiger partial charge in [-0.2, -0.15) is 0 Å². The SMILES string of the molecule is CC(C)(C)OC(=O)N[C@@H](CCS(C)(=O)=O)CNCc1cccc(Cl)c1. The molecule has 0 bridgehead atoms. The van der Waals surface area contributed by atoms with E-state index in [0.717, 1.165) is 5.56 Å². The number of rotatable bonds is 8. The Bertz CT molecular complexity index is 671. The summed E-state index contributed by atoms with van der Waals surface area (Å²) in [6.07, 6.45) is 0.924. The number of carbonyl (C=O) groups excluding carboxylic acids is 1. The summed E-state index contributed by atoms with van der Waals surface area (Å²) in [4.78, 5) is 11.9. The van der Waals surface area contributed by atoms with Crippen LogP contribution in [0, 0.1) is 0 Å². The Morgan fingerprint density at radius 2 is 2.00 bits per heavy atom. The van der Waals surface area contributed by atoms with Crippen LogP contribution >= 0.6 is 11.6 Å². The van der Waals surface area contributed by atoms with Crippen molar-refractivity contribution in [2.75, 3.05) is 18.6 Å². The van der Waals surface area contributed by atoms with Crippen LogP contribution in [-0.2, 0) is 21.1 Å². The molecule has 25 heavy (non-hydrogen) atoms. The number of benzene rings is 1. The molecule has 0 heterocycles. The van der Waals surface area contributed by atoms with Crippen molar-refractivity contribution < 1.29 is 17.9 Å². The molecule has 1 aromatic rings. The van der Waals surface area contributed by atoms with Crippen molar-refractivity contribution in [3.8, 4) is 0 Å². The summed E-state index contributed by atoms with van der Waals surface area (Å²) in [5.41, 5.74) is 0.395. The summed E-state index contributed by atoms with van der Waals surface area (Å²) in [6.45, 7) is 6.30. The molecule has 1 aromatic carbocycles. The van der Waals surface area contributed by atoms with E-state index in [9.17, 15) is 13.2 Å². The molecule has 0 aliphatic rings. The van der Waals surface area contributed by atoms with Gasteiger partial charge in [0.05, 0.1) is 5.75 Å². The molecule has 6 nitrogen and oxygen atoms in total. The van der Waals surface area contributed by atoms with Gasteiger partial charge >= 0.3 is 6.09 Å². The fourth-order valence-electron chi connectivity index (χ4n) is 2.09. The number of hydrogen-bond acceptors (Lipinski definition) is 5. The molecule has 1 amide bonds. The first-order valence-electron chi connectivity index (χ1n) is 8.07. The van der Waals surface area contributed by atoms with Crippen LogP contribution in [0.25, 0.3) is 0 Å². The van der Waals surface area contributed by atoms with Gasteiger partial charge in [0, 0.05) is 30.4 Å². The highest BCUT2D eigenvalue weighted by Crippen LogP contribution is 2.10. The number of halogens is 1. The summed E-state index contributed by atoms with van der Waals surface area (Å²) in [5.74, 6) is -0.00763. The second-order valence-corrected chi connectivity index (χ2v) is 9.72. The van der Waals surface area contributed by atoms with Crippen molar-refractivity contribution in [2.45, 2.75) is 45.4 Å². The third-order valence-electron chi connectivity index (χ3n) is 3.17. The number of hydrogen-bond donors (Lipinski definition) is 2. The lowest BCUT2D eigenvalue weighted by molar-refractivity contribution is 0.0502. The lowest BCUT2D eigenvalue weighted by atomic mass is 10.2. The smallest absolute Gasteiger partial charge is 0.407 e. The van der Waals surface area contributed by atoms with Crippen LogP contribution in [-0.4, -0.2) is 44.7 Å². The van der Waals surface area contributed by atoms with E-state index in [0.29, 0.717) is 24.5 Å². The molecule has 2 N–H and O–H groups in total. The number of sulfone groups is 1. The van der Waals surface area contributed by atoms with E-state index < -0.39 is 21.5 Å². The Balaban J connectivity index is 2.59. The molecule has 0 radical (unpaired) electrons. The van der Waals surface area contributed by atoms with Crippen LogP contribution in [0.2, 0.25) is 5.02 Å². The molecular weight excluding hydrogens is 364 g/mol. The topological polar surface area (TPSA) is 84.5 Å². The van der Waals surface area contributed by atoms with Crippen LogP contribution in [0.15, 0.2) is 24.3 Å². The van der Waals surface area contributed by atoms with Gasteiger partial charge in [-0.25, -0.2) is 13.2 Å². The monoisotopic (exact) mass is 390 g/mol. The number of amides is 1. The highest BCUT2D eigenvalue weighted by atomic mass is 35.5. The van der Waals surface area contributed by atoms with E-state index in [1.54, 1.807) is 26.8 Å². The van der Waals surface area contributed by atoms with E-state index >= 15 is 0 Å². The molecular formula is C17H27ClN2O4S. The highest BCUT2D eigenvalue weighted by Gasteiger charge is 2.20. The van der Waals surface area contributed by atoms with Crippen molar-refractivity contribution in [1.82, 2.24) is 10.6 Å². The Morgan fingerprint density at radius 3 is 2.56 bits per heavy atom. The average Bonchev–Trinajstić information content (AvgIpc) is 2.41. The van der Waals surface area contributed by atoms with Gasteiger partial charge in [-0.05, 0) is 44.9 Å². The predicted octanol–water partition coefficient (Wildman–Crippen LogP) is 2.76. The summed E-state index contributed by atoms with van der Waals surface area (Å²) in [7, 11) is -3.11. The Hall–Kier alpha value is -1.31. The number of carbonyl (C=O) groups is 1. The fourth-order valence-corrected chi connectivity index (χ4v) is 3.02. The van der Waals surface area contributed by atoms with E-state index in [2.05, 4.69) is 10.6 Å². The molecule has 0 unspecified atom stereocenters. The predicted molar refractivity (Wildman–Crippen MR) is 101 cm³/mol. The zero-order chi connectivity index (χ0) is 19.1. The zero-order valence-corrected chi connectivity index (χ0v) is 16.7. The molecule has 0 saturated heterocycles. The first-order chi connectivity index (χ1) is 11.4. The molecule has 8 heteroatoms. The van der Waals surface area contributed by atoms with Gasteiger partial charge < -0.3 is 15.4 Å². The van der Waals surface area contributed by atoms with Crippen molar-refractivity contribution in [3.63, 3.8) is 0 Å². The van der Waals surface area contributed by atoms with Gasteiger partial charge in [0.15, 0.2) is 0 Å². The second kappa shape index (κ2) is 9.40. The molecule has 0 aliphatic carbocycles. The van der Waals surface area contributed by atoms with Gasteiger partial charge in [0.1, 0.15) is 15.4 Å². The second-order valence-electron chi connectivity index (χ2n) is 7.02. The fraction of sp³-hybridized carbons (Fsp3) is 0.588. The van der Waals surface area contributed by atoms with Gasteiger partial charge in [-0.3, -0.25) is 0 Å². The average molecular weight is 391 g/mol. The van der Waals surface area contributed by atoms with Crippen molar-refractivity contribution in [2.24, 2.45) is 0 Å². The van der Waals surface area contributed by atoms with Crippen LogP contribution in [0.1, 0.15) is 32.8 Å². The first kappa shape index (κ1) is 21.7. The van der Waals surface area contributed by atoms with Gasteiger partial charge in [-0.1, -0.05) is 23.7 Å². The third-order valence-corrected chi connectivity index (χ3v) is 4.38. The van der Waals surface area contributed by atoms with E-state index in [-0.39, 0.29) is 11.8 Å². The molecule has 0 fully saturated rings. The van der Waals surface area contributed by atoms with E-state index in [4.69, 9.17) is 16.3 Å². The van der Waals surface area contributed by atoms with E-state index in [1.165, 1.54) is 6.26 Å². The molecule has 0 spiro atoms. The van der Waals surface area contributed by atoms with Gasteiger partial charge in [0.25, 0.3) is 0 Å². The Morgan fingerprint density at radius 1 is 1.32 bits per heavy atom. The minimum absolute atomic E-state index is 0.00763. The molecule has 0 aromatic heterocycles. The summed E-state index contributed by atoms with van der Waals surface area (Å²) < 4.78 is 28.0. The Kier molecular flexibility index (Phi) is 8.18. The summed E-state index contributed by atoms with van der Waals surface area (Å²) in [6, 6.07) is 7.08. The maximum absolute atomic E-state index is 11.9. The molecule has 1 rings (SSSR count). The van der Waals surface area contributed by atoms with Crippen molar-refractivity contribution >= 4 is 27.5 Å². The van der Waals surface area contributed by atoms with Crippen LogP contribution in [0.4, 0.5) is 4.79 Å². The van der Waals surface area contributed by atoms with Crippen molar-refractivity contribution in [3.05, 3.63) is 34.9 Å². The number of alkyl carbamates (subject to hydrolysis) is 1. The Labute approximate surface area is 155 Å². The normalized spacial score (nSPS) is 13.3. The maximum Gasteiger partial charge on any atom is 0.407 e. The largest absolute Gasteiger partial charge is 0.444 e. The van der Waals surface area contributed by atoms with Crippen LogP contribution in [0.5, 0.6) is 0 Å². The molecule has 1 atom stereocenters. The van der Waals surface area contributed by atoms with Crippen LogP contribution in [0.3, 0.4) is 0 Å². The lowest BCUT2D eigenvalue weighted by Gasteiger charge is -2.24. The zero-order valence-electron chi connectivity index (χ0n) is 15.1. The highest BCUT2D eigenvalue weighted by molar-refractivity contribution is 7.90. The van der Waals surface area contributed by atoms with Crippen LogP contribution < -0.4 is 10.6 Å².